The molecular formula is C15H19FN2OS. The standard InChI is InChI=1S/C15H19FN2OS/c1-3-4-13-15(10(2)17)20-14(18-13)9-19-12-7-5-11(16)6-8-12/h5-8,10H,3-4,9,17H2,1-2H3. The first-order valence-corrected chi connectivity index (χ1v) is 7.54. The molecule has 0 aliphatic rings. The molecule has 2 rings (SSSR count). The Bertz CT molecular complexity index is 552. The van der Waals surface area contributed by atoms with Gasteiger partial charge in [-0.2, -0.15) is 0 Å². The number of hydrogen-bond acceptors (Lipinski definition) is 4. The molecule has 0 bridgehead atoms. The number of rotatable bonds is 6. The Kier molecular flexibility index (Phi) is 5.09. The van der Waals surface area contributed by atoms with Crippen molar-refractivity contribution in [1.82, 2.24) is 4.98 Å². The van der Waals surface area contributed by atoms with Crippen LogP contribution in [0, 0.1) is 5.82 Å². The Morgan fingerprint density at radius 2 is 2.05 bits per heavy atom. The summed E-state index contributed by atoms with van der Waals surface area (Å²) >= 11 is 1.59. The lowest BCUT2D eigenvalue weighted by molar-refractivity contribution is 0.305. The molecule has 108 valence electrons. The summed E-state index contributed by atoms with van der Waals surface area (Å²) in [6.45, 7) is 4.48. The quantitative estimate of drug-likeness (QED) is 0.880. The van der Waals surface area contributed by atoms with Crippen LogP contribution in [-0.2, 0) is 13.0 Å². The Balaban J connectivity index is 2.05. The predicted octanol–water partition coefficient (Wildman–Crippen LogP) is 3.83. The van der Waals surface area contributed by atoms with E-state index in [0.29, 0.717) is 12.4 Å². The molecule has 2 aromatic rings. The van der Waals surface area contributed by atoms with Gasteiger partial charge in [0.1, 0.15) is 23.2 Å². The summed E-state index contributed by atoms with van der Waals surface area (Å²) < 4.78 is 18.4. The van der Waals surface area contributed by atoms with E-state index >= 15 is 0 Å². The number of hydrogen-bond donors (Lipinski definition) is 1. The van der Waals surface area contributed by atoms with Crippen LogP contribution < -0.4 is 10.5 Å². The zero-order valence-electron chi connectivity index (χ0n) is 11.7. The molecule has 1 aromatic carbocycles. The van der Waals surface area contributed by atoms with Crippen LogP contribution in [0.25, 0.3) is 0 Å². The van der Waals surface area contributed by atoms with Gasteiger partial charge in [0.2, 0.25) is 0 Å². The third kappa shape index (κ3) is 3.77. The van der Waals surface area contributed by atoms with E-state index in [0.717, 1.165) is 28.4 Å². The van der Waals surface area contributed by atoms with Gasteiger partial charge in [0.05, 0.1) is 5.69 Å². The minimum Gasteiger partial charge on any atom is -0.486 e. The maximum Gasteiger partial charge on any atom is 0.140 e. The second kappa shape index (κ2) is 6.81. The number of aromatic nitrogens is 1. The van der Waals surface area contributed by atoms with Crippen molar-refractivity contribution < 1.29 is 9.13 Å². The average Bonchev–Trinajstić information content (AvgIpc) is 2.82. The maximum atomic E-state index is 12.8. The number of thiazole rings is 1. The fourth-order valence-electron chi connectivity index (χ4n) is 1.92. The lowest BCUT2D eigenvalue weighted by Gasteiger charge is -2.03. The number of aryl methyl sites for hydroxylation is 1. The number of nitrogens with zero attached hydrogens (tertiary/aromatic N) is 1. The molecule has 1 heterocycles. The van der Waals surface area contributed by atoms with E-state index in [4.69, 9.17) is 10.5 Å². The fourth-order valence-corrected chi connectivity index (χ4v) is 2.90. The van der Waals surface area contributed by atoms with Gasteiger partial charge in [-0.05, 0) is 37.6 Å². The Morgan fingerprint density at radius 1 is 1.35 bits per heavy atom. The van der Waals surface area contributed by atoms with Crippen molar-refractivity contribution in [2.24, 2.45) is 5.73 Å². The van der Waals surface area contributed by atoms with Gasteiger partial charge in [0, 0.05) is 10.9 Å². The highest BCUT2D eigenvalue weighted by molar-refractivity contribution is 7.11. The first kappa shape index (κ1) is 14.9. The molecule has 0 aliphatic heterocycles. The fraction of sp³-hybridized carbons (Fsp3) is 0.400. The predicted molar refractivity (Wildman–Crippen MR) is 79.4 cm³/mol. The van der Waals surface area contributed by atoms with Gasteiger partial charge < -0.3 is 10.5 Å². The van der Waals surface area contributed by atoms with Crippen LogP contribution in [0.2, 0.25) is 0 Å². The van der Waals surface area contributed by atoms with Gasteiger partial charge in [-0.1, -0.05) is 13.3 Å². The summed E-state index contributed by atoms with van der Waals surface area (Å²) in [5.74, 6) is 0.372. The molecule has 1 atom stereocenters. The van der Waals surface area contributed by atoms with Gasteiger partial charge in [-0.15, -0.1) is 11.3 Å². The molecule has 0 fully saturated rings. The van der Waals surface area contributed by atoms with Crippen LogP contribution in [0.15, 0.2) is 24.3 Å². The van der Waals surface area contributed by atoms with E-state index in [1.54, 1.807) is 23.5 Å². The van der Waals surface area contributed by atoms with Crippen LogP contribution in [-0.4, -0.2) is 4.98 Å². The van der Waals surface area contributed by atoms with E-state index in [1.807, 2.05) is 6.92 Å². The van der Waals surface area contributed by atoms with Crippen LogP contribution in [0.5, 0.6) is 5.75 Å². The zero-order valence-corrected chi connectivity index (χ0v) is 12.5. The molecule has 0 spiro atoms. The molecule has 0 saturated carbocycles. The molecule has 1 unspecified atom stereocenters. The summed E-state index contributed by atoms with van der Waals surface area (Å²) in [6, 6.07) is 5.99. The molecule has 20 heavy (non-hydrogen) atoms. The summed E-state index contributed by atoms with van der Waals surface area (Å²) in [5, 5.41) is 0.907. The lowest BCUT2D eigenvalue weighted by atomic mass is 10.2. The molecule has 3 nitrogen and oxygen atoms in total. The zero-order chi connectivity index (χ0) is 14.5. The maximum absolute atomic E-state index is 12.8. The highest BCUT2D eigenvalue weighted by Gasteiger charge is 2.14. The lowest BCUT2D eigenvalue weighted by Crippen LogP contribution is -2.05. The van der Waals surface area contributed by atoms with E-state index in [-0.39, 0.29) is 11.9 Å². The molecule has 0 saturated heterocycles. The number of ether oxygens (including phenoxy) is 1. The Hall–Kier alpha value is -1.46. The molecular weight excluding hydrogens is 275 g/mol. The van der Waals surface area contributed by atoms with E-state index < -0.39 is 0 Å². The molecule has 2 N–H and O–H groups in total. The van der Waals surface area contributed by atoms with Crippen LogP contribution in [0.1, 0.15) is 41.9 Å². The molecule has 0 aliphatic carbocycles. The van der Waals surface area contributed by atoms with Crippen molar-refractivity contribution in [3.05, 3.63) is 45.7 Å². The SMILES string of the molecule is CCCc1nc(COc2ccc(F)cc2)sc1C(C)N. The summed E-state index contributed by atoms with van der Waals surface area (Å²) in [7, 11) is 0. The average molecular weight is 294 g/mol. The third-order valence-corrected chi connectivity index (χ3v) is 4.12. The highest BCUT2D eigenvalue weighted by Crippen LogP contribution is 2.26. The first-order valence-electron chi connectivity index (χ1n) is 6.72. The third-order valence-electron chi connectivity index (χ3n) is 2.85. The minimum atomic E-state index is -0.268. The second-order valence-corrected chi connectivity index (χ2v) is 5.82. The molecule has 0 amide bonds. The summed E-state index contributed by atoms with van der Waals surface area (Å²) in [5.41, 5.74) is 7.04. The molecule has 0 radical (unpaired) electrons. The Labute approximate surface area is 122 Å². The van der Waals surface area contributed by atoms with Gasteiger partial charge in [0.15, 0.2) is 0 Å². The van der Waals surface area contributed by atoms with Gasteiger partial charge in [-0.3, -0.25) is 0 Å². The minimum absolute atomic E-state index is 0.00591. The van der Waals surface area contributed by atoms with Crippen molar-refractivity contribution in [2.45, 2.75) is 39.3 Å². The van der Waals surface area contributed by atoms with E-state index in [2.05, 4.69) is 11.9 Å². The van der Waals surface area contributed by atoms with Crippen molar-refractivity contribution in [2.75, 3.05) is 0 Å². The number of benzene rings is 1. The summed E-state index contributed by atoms with van der Waals surface area (Å²) in [6.07, 6.45) is 1.98. The van der Waals surface area contributed by atoms with Crippen molar-refractivity contribution in [3.63, 3.8) is 0 Å². The van der Waals surface area contributed by atoms with Gasteiger partial charge in [0.25, 0.3) is 0 Å². The van der Waals surface area contributed by atoms with Crippen molar-refractivity contribution in [3.8, 4) is 5.75 Å². The van der Waals surface area contributed by atoms with Crippen molar-refractivity contribution >= 4 is 11.3 Å². The van der Waals surface area contributed by atoms with E-state index in [1.165, 1.54) is 12.1 Å². The number of nitrogens with two attached hydrogens (primary N) is 1. The normalized spacial score (nSPS) is 12.4. The van der Waals surface area contributed by atoms with Gasteiger partial charge >= 0.3 is 0 Å². The highest BCUT2D eigenvalue weighted by atomic mass is 32.1. The second-order valence-electron chi connectivity index (χ2n) is 4.70. The molecule has 1 aromatic heterocycles. The van der Waals surface area contributed by atoms with Crippen molar-refractivity contribution in [1.29, 1.82) is 0 Å². The first-order chi connectivity index (χ1) is 9.60. The molecule has 5 heteroatoms. The Morgan fingerprint density at radius 3 is 2.65 bits per heavy atom. The number of halogens is 1. The topological polar surface area (TPSA) is 48.1 Å². The van der Waals surface area contributed by atoms with Crippen LogP contribution >= 0.6 is 11.3 Å². The van der Waals surface area contributed by atoms with E-state index in [9.17, 15) is 4.39 Å². The van der Waals surface area contributed by atoms with Gasteiger partial charge in [-0.25, -0.2) is 9.37 Å². The van der Waals surface area contributed by atoms with Crippen LogP contribution in [0.4, 0.5) is 4.39 Å². The largest absolute Gasteiger partial charge is 0.486 e. The smallest absolute Gasteiger partial charge is 0.140 e. The monoisotopic (exact) mass is 294 g/mol. The van der Waals surface area contributed by atoms with Crippen LogP contribution in [0.3, 0.4) is 0 Å². The summed E-state index contributed by atoms with van der Waals surface area (Å²) in [4.78, 5) is 5.72.